The molecule has 1 aliphatic rings. The SMILES string of the molecule is Cc1cc2nc(-c3cnc[nH]3)cc(CCC3CCCO3)c2cc1CCC#N. The van der Waals surface area contributed by atoms with Crippen LogP contribution in [0.4, 0.5) is 0 Å². The Labute approximate surface area is 159 Å². The maximum atomic E-state index is 8.95. The van der Waals surface area contributed by atoms with Gasteiger partial charge in [0, 0.05) is 18.4 Å². The number of benzene rings is 1. The molecule has 27 heavy (non-hydrogen) atoms. The average molecular weight is 360 g/mol. The van der Waals surface area contributed by atoms with Crippen molar-refractivity contribution < 1.29 is 4.74 Å². The fraction of sp³-hybridized carbons (Fsp3) is 0.409. The van der Waals surface area contributed by atoms with Crippen molar-refractivity contribution in [3.05, 3.63) is 47.4 Å². The number of nitrogens with one attached hydrogen (secondary N) is 1. The minimum atomic E-state index is 0.368. The van der Waals surface area contributed by atoms with Crippen LogP contribution in [0.3, 0.4) is 0 Å². The number of aryl methyl sites for hydroxylation is 3. The van der Waals surface area contributed by atoms with Crippen LogP contribution in [-0.4, -0.2) is 27.7 Å². The predicted molar refractivity (Wildman–Crippen MR) is 105 cm³/mol. The number of aromatic nitrogens is 3. The van der Waals surface area contributed by atoms with Crippen molar-refractivity contribution in [2.24, 2.45) is 0 Å². The average Bonchev–Trinajstić information content (AvgIpc) is 3.38. The van der Waals surface area contributed by atoms with Crippen molar-refractivity contribution >= 4 is 10.9 Å². The first-order valence-corrected chi connectivity index (χ1v) is 9.65. The molecule has 0 radical (unpaired) electrons. The molecule has 1 fully saturated rings. The second-order valence-corrected chi connectivity index (χ2v) is 7.26. The molecular formula is C22H24N4O. The first-order valence-electron chi connectivity index (χ1n) is 9.65. The van der Waals surface area contributed by atoms with Gasteiger partial charge in [-0.05, 0) is 73.9 Å². The molecule has 1 aromatic carbocycles. The van der Waals surface area contributed by atoms with Crippen molar-refractivity contribution in [3.63, 3.8) is 0 Å². The van der Waals surface area contributed by atoms with Crippen molar-refractivity contribution in [3.8, 4) is 17.5 Å². The number of H-pyrrole nitrogens is 1. The van der Waals surface area contributed by atoms with E-state index in [0.717, 1.165) is 49.2 Å². The lowest BCUT2D eigenvalue weighted by molar-refractivity contribution is 0.104. The van der Waals surface area contributed by atoms with Crippen LogP contribution in [0.25, 0.3) is 22.3 Å². The molecule has 0 amide bonds. The largest absolute Gasteiger partial charge is 0.378 e. The van der Waals surface area contributed by atoms with Crippen LogP contribution < -0.4 is 0 Å². The highest BCUT2D eigenvalue weighted by atomic mass is 16.5. The van der Waals surface area contributed by atoms with E-state index in [2.05, 4.69) is 41.2 Å². The zero-order valence-corrected chi connectivity index (χ0v) is 15.7. The Kier molecular flexibility index (Phi) is 5.17. The molecule has 0 saturated carbocycles. The molecule has 0 aliphatic carbocycles. The zero-order valence-electron chi connectivity index (χ0n) is 15.7. The highest BCUT2D eigenvalue weighted by Gasteiger charge is 2.17. The summed E-state index contributed by atoms with van der Waals surface area (Å²) in [5, 5.41) is 10.1. The van der Waals surface area contributed by atoms with Crippen LogP contribution in [0.2, 0.25) is 0 Å². The van der Waals surface area contributed by atoms with E-state index in [9.17, 15) is 0 Å². The van der Waals surface area contributed by atoms with Crippen LogP contribution in [0.5, 0.6) is 0 Å². The van der Waals surface area contributed by atoms with Gasteiger partial charge in [-0.3, -0.25) is 0 Å². The molecule has 3 heterocycles. The Morgan fingerprint density at radius 2 is 2.19 bits per heavy atom. The van der Waals surface area contributed by atoms with E-state index in [4.69, 9.17) is 15.0 Å². The van der Waals surface area contributed by atoms with Crippen LogP contribution >= 0.6 is 0 Å². The Morgan fingerprint density at radius 1 is 1.26 bits per heavy atom. The Bertz CT molecular complexity index is 966. The number of aromatic amines is 1. The number of hydrogen-bond acceptors (Lipinski definition) is 4. The van der Waals surface area contributed by atoms with E-state index in [1.54, 1.807) is 6.33 Å². The number of fused-ring (bicyclic) bond motifs is 1. The van der Waals surface area contributed by atoms with Crippen LogP contribution in [0.1, 0.15) is 42.4 Å². The maximum absolute atomic E-state index is 8.95. The number of nitrogens with zero attached hydrogens (tertiary/aromatic N) is 3. The molecule has 0 bridgehead atoms. The quantitative estimate of drug-likeness (QED) is 0.702. The smallest absolute Gasteiger partial charge is 0.0924 e. The van der Waals surface area contributed by atoms with Gasteiger partial charge in [0.1, 0.15) is 0 Å². The maximum Gasteiger partial charge on any atom is 0.0924 e. The third-order valence-corrected chi connectivity index (χ3v) is 5.39. The highest BCUT2D eigenvalue weighted by molar-refractivity contribution is 5.86. The van der Waals surface area contributed by atoms with Gasteiger partial charge in [-0.2, -0.15) is 5.26 Å². The van der Waals surface area contributed by atoms with Crippen molar-refractivity contribution in [1.29, 1.82) is 5.26 Å². The number of rotatable bonds is 6. The monoisotopic (exact) mass is 360 g/mol. The van der Waals surface area contributed by atoms with Crippen LogP contribution in [-0.2, 0) is 17.6 Å². The van der Waals surface area contributed by atoms with Gasteiger partial charge in [0.05, 0.1) is 41.6 Å². The van der Waals surface area contributed by atoms with Gasteiger partial charge in [-0.25, -0.2) is 9.97 Å². The van der Waals surface area contributed by atoms with Crippen LogP contribution in [0, 0.1) is 18.3 Å². The Balaban J connectivity index is 1.75. The lowest BCUT2D eigenvalue weighted by Crippen LogP contribution is -2.07. The van der Waals surface area contributed by atoms with Gasteiger partial charge in [0.2, 0.25) is 0 Å². The van der Waals surface area contributed by atoms with E-state index < -0.39 is 0 Å². The Hall–Kier alpha value is -2.71. The van der Waals surface area contributed by atoms with Crippen molar-refractivity contribution in [1.82, 2.24) is 15.0 Å². The van der Waals surface area contributed by atoms with Crippen molar-refractivity contribution in [2.75, 3.05) is 6.61 Å². The standard InChI is InChI=1S/C22H24N4O/c1-15-10-20-19(11-16(15)4-2-8-23)17(6-7-18-5-3-9-27-18)12-21(26-20)22-13-24-14-25-22/h10-14,18H,2-7,9H2,1H3,(H,24,25). The van der Waals surface area contributed by atoms with Gasteiger partial charge < -0.3 is 9.72 Å². The molecule has 5 heteroatoms. The number of ether oxygens (including phenoxy) is 1. The topological polar surface area (TPSA) is 74.6 Å². The summed E-state index contributed by atoms with van der Waals surface area (Å²) in [6.45, 7) is 2.99. The summed E-state index contributed by atoms with van der Waals surface area (Å²) >= 11 is 0. The summed E-state index contributed by atoms with van der Waals surface area (Å²) in [6, 6.07) is 8.81. The first kappa shape index (κ1) is 17.7. The summed E-state index contributed by atoms with van der Waals surface area (Å²) in [7, 11) is 0. The Morgan fingerprint density at radius 3 is 2.93 bits per heavy atom. The molecule has 138 valence electrons. The molecular weight excluding hydrogens is 336 g/mol. The molecule has 1 saturated heterocycles. The van der Waals surface area contributed by atoms with Gasteiger partial charge >= 0.3 is 0 Å². The number of imidazole rings is 1. The number of pyridine rings is 1. The summed E-state index contributed by atoms with van der Waals surface area (Å²) in [5.41, 5.74) is 6.57. The lowest BCUT2D eigenvalue weighted by atomic mass is 9.95. The number of hydrogen-bond donors (Lipinski definition) is 1. The van der Waals surface area contributed by atoms with Gasteiger partial charge in [-0.15, -0.1) is 0 Å². The molecule has 4 rings (SSSR count). The minimum Gasteiger partial charge on any atom is -0.378 e. The zero-order chi connectivity index (χ0) is 18.6. The van der Waals surface area contributed by atoms with Gasteiger partial charge in [-0.1, -0.05) is 0 Å². The molecule has 2 aromatic heterocycles. The highest BCUT2D eigenvalue weighted by Crippen LogP contribution is 2.29. The molecule has 1 N–H and O–H groups in total. The molecule has 0 spiro atoms. The second-order valence-electron chi connectivity index (χ2n) is 7.26. The normalized spacial score (nSPS) is 16.7. The third-order valence-electron chi connectivity index (χ3n) is 5.39. The second kappa shape index (κ2) is 7.89. The summed E-state index contributed by atoms with van der Waals surface area (Å²) in [6.07, 6.45) is 9.50. The van der Waals surface area contributed by atoms with E-state index >= 15 is 0 Å². The predicted octanol–water partition coefficient (Wildman–Crippen LogP) is 4.50. The van der Waals surface area contributed by atoms with E-state index in [-0.39, 0.29) is 0 Å². The molecule has 1 atom stereocenters. The fourth-order valence-corrected chi connectivity index (χ4v) is 3.88. The molecule has 1 unspecified atom stereocenters. The third kappa shape index (κ3) is 3.86. The van der Waals surface area contributed by atoms with Gasteiger partial charge in [0.15, 0.2) is 0 Å². The number of nitriles is 1. The lowest BCUT2D eigenvalue weighted by Gasteiger charge is -2.14. The van der Waals surface area contributed by atoms with Crippen molar-refractivity contribution in [2.45, 2.75) is 51.6 Å². The summed E-state index contributed by atoms with van der Waals surface area (Å²) in [4.78, 5) is 12.2. The first-order chi connectivity index (χ1) is 13.2. The molecule has 1 aliphatic heterocycles. The fourth-order valence-electron chi connectivity index (χ4n) is 3.88. The summed E-state index contributed by atoms with van der Waals surface area (Å²) < 4.78 is 5.82. The van der Waals surface area contributed by atoms with E-state index in [1.165, 1.54) is 28.5 Å². The molecule has 5 nitrogen and oxygen atoms in total. The minimum absolute atomic E-state index is 0.368. The summed E-state index contributed by atoms with van der Waals surface area (Å²) in [5.74, 6) is 0. The van der Waals surface area contributed by atoms with E-state index in [0.29, 0.717) is 12.5 Å². The van der Waals surface area contributed by atoms with Gasteiger partial charge in [0.25, 0.3) is 0 Å². The van der Waals surface area contributed by atoms with E-state index in [1.807, 2.05) is 6.20 Å². The molecule has 3 aromatic rings. The van der Waals surface area contributed by atoms with Crippen LogP contribution in [0.15, 0.2) is 30.7 Å².